The number of carbonyl (C=O) groups is 1. The first kappa shape index (κ1) is 12.4. The quantitative estimate of drug-likeness (QED) is 0.655. The highest BCUT2D eigenvalue weighted by Gasteiger charge is 2.16. The number of carboxylic acids is 1. The van der Waals surface area contributed by atoms with E-state index in [1.807, 2.05) is 0 Å². The minimum absolute atomic E-state index is 0.0858. The molecule has 3 rings (SSSR count). The van der Waals surface area contributed by atoms with E-state index in [2.05, 4.69) is 25.8 Å². The van der Waals surface area contributed by atoms with Gasteiger partial charge in [0, 0.05) is 5.39 Å². The highest BCUT2D eigenvalue weighted by molar-refractivity contribution is 6.05. The number of halogens is 1. The topological polar surface area (TPSA) is 102 Å². The molecule has 1 atom stereocenters. The first-order chi connectivity index (χ1) is 9.63. The molecule has 7 nitrogen and oxygen atoms in total. The summed E-state index contributed by atoms with van der Waals surface area (Å²) in [6.07, 6.45) is 0.588. The fourth-order valence-electron chi connectivity index (χ4n) is 2.01. The van der Waals surface area contributed by atoms with E-state index in [-0.39, 0.29) is 18.7 Å². The molecule has 104 valence electrons. The van der Waals surface area contributed by atoms with Crippen molar-refractivity contribution in [3.05, 3.63) is 23.9 Å². The Morgan fingerprint density at radius 1 is 1.50 bits per heavy atom. The van der Waals surface area contributed by atoms with Gasteiger partial charge in [0.1, 0.15) is 6.17 Å². The van der Waals surface area contributed by atoms with Crippen molar-refractivity contribution in [2.75, 3.05) is 18.4 Å². The summed E-state index contributed by atoms with van der Waals surface area (Å²) in [6.45, 7) is 0.265. The number of aromatic amines is 1. The Balaban J connectivity index is 1.97. The van der Waals surface area contributed by atoms with Crippen LogP contribution in [0.15, 0.2) is 23.3 Å². The third kappa shape index (κ3) is 2.27. The number of anilines is 1. The summed E-state index contributed by atoms with van der Waals surface area (Å²) in [6, 6.07) is 3.00. The summed E-state index contributed by atoms with van der Waals surface area (Å²) in [5.41, 5.74) is 1.29. The van der Waals surface area contributed by atoms with Crippen LogP contribution in [0.25, 0.3) is 10.9 Å². The Morgan fingerprint density at radius 3 is 3.05 bits per heavy atom. The summed E-state index contributed by atoms with van der Waals surface area (Å²) >= 11 is 0. The standard InChI is InChI=1S/C12H12FN5O2/c13-7-3-14-12(15-4-7)17-9-1-6(11(19)20)2-10-8(9)5-16-18-10/h1-2,5,7H,3-4H2,(H,16,18)(H,19,20)(H2,14,15,17). The predicted molar refractivity (Wildman–Crippen MR) is 71.9 cm³/mol. The molecule has 1 aromatic carbocycles. The maximum absolute atomic E-state index is 13.0. The zero-order valence-electron chi connectivity index (χ0n) is 10.4. The van der Waals surface area contributed by atoms with Crippen LogP contribution in [0.5, 0.6) is 0 Å². The maximum Gasteiger partial charge on any atom is 0.335 e. The van der Waals surface area contributed by atoms with Gasteiger partial charge in [-0.05, 0) is 12.1 Å². The molecule has 2 heterocycles. The predicted octanol–water partition coefficient (Wildman–Crippen LogP) is 0.970. The molecule has 1 aromatic heterocycles. The SMILES string of the molecule is O=C(O)c1cc(NC2=NCC(F)CN2)c2cn[nH]c2c1. The number of hydrogen-bond donors (Lipinski definition) is 4. The third-order valence-corrected chi connectivity index (χ3v) is 3.00. The molecule has 0 bridgehead atoms. The lowest BCUT2D eigenvalue weighted by Gasteiger charge is -2.19. The molecule has 0 spiro atoms. The summed E-state index contributed by atoms with van der Waals surface area (Å²) in [7, 11) is 0. The second-order valence-electron chi connectivity index (χ2n) is 4.45. The highest BCUT2D eigenvalue weighted by Crippen LogP contribution is 2.24. The molecule has 20 heavy (non-hydrogen) atoms. The van der Waals surface area contributed by atoms with Gasteiger partial charge in [-0.1, -0.05) is 0 Å². The van der Waals surface area contributed by atoms with Crippen LogP contribution >= 0.6 is 0 Å². The van der Waals surface area contributed by atoms with Crippen LogP contribution in [0.2, 0.25) is 0 Å². The average Bonchev–Trinajstić information content (AvgIpc) is 2.89. The van der Waals surface area contributed by atoms with Crippen LogP contribution in [0, 0.1) is 0 Å². The van der Waals surface area contributed by atoms with Crippen LogP contribution in [-0.4, -0.2) is 46.5 Å². The molecule has 0 saturated heterocycles. The lowest BCUT2D eigenvalue weighted by molar-refractivity contribution is 0.0697. The number of fused-ring (bicyclic) bond motifs is 1. The van der Waals surface area contributed by atoms with Crippen LogP contribution < -0.4 is 10.6 Å². The van der Waals surface area contributed by atoms with E-state index >= 15 is 0 Å². The van der Waals surface area contributed by atoms with E-state index in [4.69, 9.17) is 5.11 Å². The Labute approximate surface area is 112 Å². The molecule has 1 aliphatic heterocycles. The number of benzene rings is 1. The minimum Gasteiger partial charge on any atom is -0.478 e. The Morgan fingerprint density at radius 2 is 2.35 bits per heavy atom. The molecule has 0 amide bonds. The van der Waals surface area contributed by atoms with Crippen molar-refractivity contribution in [1.29, 1.82) is 0 Å². The number of carboxylic acid groups (broad SMARTS) is 1. The van der Waals surface area contributed by atoms with Crippen LogP contribution in [0.1, 0.15) is 10.4 Å². The number of nitrogens with one attached hydrogen (secondary N) is 3. The summed E-state index contributed by atoms with van der Waals surface area (Å²) < 4.78 is 13.0. The van der Waals surface area contributed by atoms with Gasteiger partial charge in [0.05, 0.1) is 36.1 Å². The molecule has 1 unspecified atom stereocenters. The Kier molecular flexibility index (Phi) is 2.97. The molecule has 0 saturated carbocycles. The molecule has 8 heteroatoms. The van der Waals surface area contributed by atoms with Gasteiger partial charge >= 0.3 is 5.97 Å². The van der Waals surface area contributed by atoms with E-state index < -0.39 is 12.1 Å². The third-order valence-electron chi connectivity index (χ3n) is 3.00. The van der Waals surface area contributed by atoms with Gasteiger partial charge in [0.2, 0.25) is 0 Å². The van der Waals surface area contributed by atoms with Crippen molar-refractivity contribution in [1.82, 2.24) is 15.5 Å². The van der Waals surface area contributed by atoms with E-state index in [0.29, 0.717) is 17.2 Å². The van der Waals surface area contributed by atoms with Crippen LogP contribution in [-0.2, 0) is 0 Å². The molecule has 2 aromatic rings. The fraction of sp³-hybridized carbons (Fsp3) is 0.250. The molecular formula is C12H12FN5O2. The number of rotatable bonds is 2. The number of aliphatic imine (C=N–C) groups is 1. The number of guanidine groups is 1. The number of aromatic carboxylic acids is 1. The second kappa shape index (κ2) is 4.80. The van der Waals surface area contributed by atoms with Crippen molar-refractivity contribution in [3.63, 3.8) is 0 Å². The first-order valence-electron chi connectivity index (χ1n) is 6.03. The molecular weight excluding hydrogens is 265 g/mol. The first-order valence-corrected chi connectivity index (χ1v) is 6.03. The number of alkyl halides is 1. The zero-order chi connectivity index (χ0) is 14.1. The van der Waals surface area contributed by atoms with Crippen molar-refractivity contribution in [3.8, 4) is 0 Å². The normalized spacial score (nSPS) is 18.4. The van der Waals surface area contributed by atoms with Crippen LogP contribution in [0.3, 0.4) is 0 Å². The Bertz CT molecular complexity index is 696. The summed E-state index contributed by atoms with van der Waals surface area (Å²) in [5, 5.41) is 22.2. The zero-order valence-corrected chi connectivity index (χ0v) is 10.4. The molecule has 4 N–H and O–H groups in total. The van der Waals surface area contributed by atoms with Crippen LogP contribution in [0.4, 0.5) is 10.1 Å². The van der Waals surface area contributed by atoms with E-state index in [1.165, 1.54) is 12.1 Å². The number of aromatic nitrogens is 2. The summed E-state index contributed by atoms with van der Waals surface area (Å²) in [5.74, 6) is -0.615. The lowest BCUT2D eigenvalue weighted by atomic mass is 10.1. The second-order valence-corrected chi connectivity index (χ2v) is 4.45. The molecule has 0 radical (unpaired) electrons. The van der Waals surface area contributed by atoms with Gasteiger partial charge in [0.15, 0.2) is 5.96 Å². The van der Waals surface area contributed by atoms with Gasteiger partial charge in [0.25, 0.3) is 0 Å². The van der Waals surface area contributed by atoms with Gasteiger partial charge in [-0.25, -0.2) is 14.2 Å². The largest absolute Gasteiger partial charge is 0.478 e. The van der Waals surface area contributed by atoms with Gasteiger partial charge in [-0.15, -0.1) is 0 Å². The van der Waals surface area contributed by atoms with Crippen molar-refractivity contribution in [2.45, 2.75) is 6.17 Å². The Hall–Kier alpha value is -2.64. The number of hydrogen-bond acceptors (Lipinski definition) is 5. The smallest absolute Gasteiger partial charge is 0.335 e. The summed E-state index contributed by atoms with van der Waals surface area (Å²) in [4.78, 5) is 15.1. The fourth-order valence-corrected chi connectivity index (χ4v) is 2.01. The average molecular weight is 277 g/mol. The van der Waals surface area contributed by atoms with E-state index in [1.54, 1.807) is 6.20 Å². The molecule has 0 aliphatic carbocycles. The molecule has 1 aliphatic rings. The van der Waals surface area contributed by atoms with Gasteiger partial charge in [-0.3, -0.25) is 5.10 Å². The van der Waals surface area contributed by atoms with Gasteiger partial charge < -0.3 is 15.7 Å². The van der Waals surface area contributed by atoms with Gasteiger partial charge in [-0.2, -0.15) is 5.10 Å². The van der Waals surface area contributed by atoms with Crippen molar-refractivity contribution >= 4 is 28.5 Å². The number of nitrogens with zero attached hydrogens (tertiary/aromatic N) is 2. The van der Waals surface area contributed by atoms with E-state index in [9.17, 15) is 9.18 Å². The molecule has 0 fully saturated rings. The van der Waals surface area contributed by atoms with E-state index in [0.717, 1.165) is 5.39 Å². The number of H-pyrrole nitrogens is 1. The van der Waals surface area contributed by atoms with Crippen molar-refractivity contribution in [2.24, 2.45) is 4.99 Å². The lowest BCUT2D eigenvalue weighted by Crippen LogP contribution is -2.40. The van der Waals surface area contributed by atoms with Crippen molar-refractivity contribution < 1.29 is 14.3 Å². The maximum atomic E-state index is 13.0. The highest BCUT2D eigenvalue weighted by atomic mass is 19.1. The monoisotopic (exact) mass is 277 g/mol. The minimum atomic E-state index is -1.04.